The fourth-order valence-electron chi connectivity index (χ4n) is 3.84. The highest BCUT2D eigenvalue weighted by molar-refractivity contribution is 7.92. The Balaban J connectivity index is 1.61. The molecule has 5 rings (SSSR count). The smallest absolute Gasteiger partial charge is 0.261 e. The van der Waals surface area contributed by atoms with Gasteiger partial charge in [-0.2, -0.15) is 0 Å². The number of rotatable bonds is 5. The average molecular weight is 490 g/mol. The maximum absolute atomic E-state index is 13.0. The van der Waals surface area contributed by atoms with Crippen molar-refractivity contribution in [3.63, 3.8) is 0 Å². The molecule has 0 fully saturated rings. The summed E-state index contributed by atoms with van der Waals surface area (Å²) >= 11 is 0. The van der Waals surface area contributed by atoms with Crippen molar-refractivity contribution < 1.29 is 18.3 Å². The first kappa shape index (κ1) is 22.6. The van der Waals surface area contributed by atoms with E-state index in [0.717, 1.165) is 0 Å². The van der Waals surface area contributed by atoms with Crippen LogP contribution in [-0.4, -0.2) is 39.2 Å². The maximum atomic E-state index is 13.0. The number of aromatic nitrogens is 4. The first-order valence-electron chi connectivity index (χ1n) is 10.9. The fraction of sp³-hybridized carbons (Fsp3) is 0.160. The van der Waals surface area contributed by atoms with Crippen LogP contribution >= 0.6 is 0 Å². The van der Waals surface area contributed by atoms with Crippen LogP contribution in [0.5, 0.6) is 5.75 Å². The standard InChI is InChI=1S/C25H23N5O4S/c1-25(2,3)23(32)18-12-27-24-22(18)29-21(13-28-24)14-10-19-17(8-9-26-19)20(11-14)30-35(33,34)16-6-4-15(31)5-7-16/h4-13,26,30-31H,1-3H3,(H,27,28). The van der Waals surface area contributed by atoms with E-state index in [1.54, 1.807) is 30.7 Å². The summed E-state index contributed by atoms with van der Waals surface area (Å²) in [5, 5.41) is 10.2. The van der Waals surface area contributed by atoms with Gasteiger partial charge in [-0.05, 0) is 42.5 Å². The molecule has 10 heteroatoms. The highest BCUT2D eigenvalue weighted by Gasteiger charge is 2.26. The quantitative estimate of drug-likeness (QED) is 0.260. The topological polar surface area (TPSA) is 141 Å². The number of nitrogens with one attached hydrogen (secondary N) is 3. The minimum Gasteiger partial charge on any atom is -0.508 e. The van der Waals surface area contributed by atoms with Gasteiger partial charge in [0.1, 0.15) is 11.3 Å². The number of aromatic hydroxyl groups is 1. The molecular weight excluding hydrogens is 466 g/mol. The Morgan fingerprint density at radius 1 is 1.06 bits per heavy atom. The van der Waals surface area contributed by atoms with Crippen molar-refractivity contribution in [2.75, 3.05) is 4.72 Å². The van der Waals surface area contributed by atoms with Gasteiger partial charge in [0.2, 0.25) is 0 Å². The Morgan fingerprint density at radius 3 is 2.51 bits per heavy atom. The Kier molecular flexibility index (Phi) is 5.13. The van der Waals surface area contributed by atoms with E-state index in [1.807, 2.05) is 26.8 Å². The van der Waals surface area contributed by atoms with Crippen molar-refractivity contribution >= 4 is 43.6 Å². The Bertz CT molecular complexity index is 1690. The number of nitrogens with zero attached hydrogens (tertiary/aromatic N) is 2. The molecule has 9 nitrogen and oxygen atoms in total. The lowest BCUT2D eigenvalue weighted by Gasteiger charge is -2.15. The zero-order valence-electron chi connectivity index (χ0n) is 19.2. The summed E-state index contributed by atoms with van der Waals surface area (Å²) in [6, 6.07) is 10.6. The van der Waals surface area contributed by atoms with Crippen molar-refractivity contribution in [3.8, 4) is 17.0 Å². The first-order chi connectivity index (χ1) is 16.5. The van der Waals surface area contributed by atoms with Gasteiger partial charge < -0.3 is 15.1 Å². The zero-order chi connectivity index (χ0) is 25.0. The highest BCUT2D eigenvalue weighted by Crippen LogP contribution is 2.33. The molecule has 0 amide bonds. The van der Waals surface area contributed by atoms with E-state index in [9.17, 15) is 18.3 Å². The predicted octanol–water partition coefficient (Wildman–Crippen LogP) is 4.84. The molecule has 178 valence electrons. The van der Waals surface area contributed by atoms with E-state index in [2.05, 4.69) is 19.7 Å². The Morgan fingerprint density at radius 2 is 1.80 bits per heavy atom. The summed E-state index contributed by atoms with van der Waals surface area (Å²) in [5.74, 6) is -0.0839. The van der Waals surface area contributed by atoms with Crippen LogP contribution < -0.4 is 4.72 Å². The predicted molar refractivity (Wildman–Crippen MR) is 134 cm³/mol. The molecule has 0 atom stereocenters. The molecule has 4 N–H and O–H groups in total. The van der Waals surface area contributed by atoms with Gasteiger partial charge in [0, 0.05) is 34.3 Å². The van der Waals surface area contributed by atoms with Crippen LogP contribution in [0.15, 0.2) is 66.0 Å². The van der Waals surface area contributed by atoms with E-state index < -0.39 is 15.4 Å². The lowest BCUT2D eigenvalue weighted by atomic mass is 9.87. The summed E-state index contributed by atoms with van der Waals surface area (Å²) < 4.78 is 28.7. The number of ketones is 1. The van der Waals surface area contributed by atoms with Crippen molar-refractivity contribution in [1.82, 2.24) is 19.9 Å². The summed E-state index contributed by atoms with van der Waals surface area (Å²) in [5.41, 5.74) is 2.98. The number of H-pyrrole nitrogens is 2. The van der Waals surface area contributed by atoms with Gasteiger partial charge in [0.15, 0.2) is 11.4 Å². The molecule has 0 aliphatic carbocycles. The minimum absolute atomic E-state index is 0.0169. The molecule has 2 aromatic carbocycles. The number of fused-ring (bicyclic) bond motifs is 2. The van der Waals surface area contributed by atoms with Gasteiger partial charge in [-0.1, -0.05) is 20.8 Å². The second-order valence-electron chi connectivity index (χ2n) is 9.30. The van der Waals surface area contributed by atoms with Crippen LogP contribution in [-0.2, 0) is 10.0 Å². The van der Waals surface area contributed by atoms with Crippen LogP contribution in [0.4, 0.5) is 5.69 Å². The number of aromatic amines is 2. The van der Waals surface area contributed by atoms with E-state index in [4.69, 9.17) is 4.98 Å². The van der Waals surface area contributed by atoms with E-state index >= 15 is 0 Å². The second-order valence-corrected chi connectivity index (χ2v) is 11.0. The monoisotopic (exact) mass is 489 g/mol. The van der Waals surface area contributed by atoms with Crippen LogP contribution in [0.1, 0.15) is 31.1 Å². The summed E-state index contributed by atoms with van der Waals surface area (Å²) in [7, 11) is -3.92. The number of Topliss-reactive ketones (excluding diaryl/α,β-unsaturated/α-hetero) is 1. The third-order valence-electron chi connectivity index (χ3n) is 5.66. The third kappa shape index (κ3) is 4.12. The molecule has 0 aliphatic rings. The summed E-state index contributed by atoms with van der Waals surface area (Å²) in [6.07, 6.45) is 4.91. The molecule has 0 aliphatic heterocycles. The molecule has 0 spiro atoms. The molecule has 0 saturated heterocycles. The Labute approximate surface area is 201 Å². The number of carbonyl (C=O) groups is 1. The lowest BCUT2D eigenvalue weighted by molar-refractivity contribution is 0.0860. The van der Waals surface area contributed by atoms with E-state index in [1.165, 1.54) is 24.3 Å². The molecule has 5 aromatic rings. The van der Waals surface area contributed by atoms with Crippen LogP contribution in [0.2, 0.25) is 0 Å². The number of carbonyl (C=O) groups excluding carboxylic acids is 1. The van der Waals surface area contributed by atoms with Crippen molar-refractivity contribution in [1.29, 1.82) is 0 Å². The number of phenols is 1. The SMILES string of the molecule is CC(C)(C)C(=O)c1c[nH]c2ncc(-c3cc(NS(=O)(=O)c4ccc(O)cc4)c4cc[nH]c4c3)nc12. The van der Waals surface area contributed by atoms with Gasteiger partial charge in [-0.3, -0.25) is 9.52 Å². The fourth-order valence-corrected chi connectivity index (χ4v) is 4.91. The maximum Gasteiger partial charge on any atom is 0.261 e. The average Bonchev–Trinajstić information content (AvgIpc) is 3.44. The van der Waals surface area contributed by atoms with Crippen molar-refractivity contribution in [2.45, 2.75) is 25.7 Å². The van der Waals surface area contributed by atoms with E-state index in [0.29, 0.717) is 44.6 Å². The normalized spacial score (nSPS) is 12.3. The number of hydrogen-bond donors (Lipinski definition) is 4. The van der Waals surface area contributed by atoms with Gasteiger partial charge in [0.05, 0.1) is 28.0 Å². The number of sulfonamides is 1. The number of phenolic OH excluding ortho intramolecular Hbond substituents is 1. The summed E-state index contributed by atoms with van der Waals surface area (Å²) in [6.45, 7) is 5.53. The van der Waals surface area contributed by atoms with Crippen LogP contribution in [0, 0.1) is 5.41 Å². The zero-order valence-corrected chi connectivity index (χ0v) is 20.1. The molecule has 0 radical (unpaired) electrons. The number of benzene rings is 2. The lowest BCUT2D eigenvalue weighted by Crippen LogP contribution is -2.20. The first-order valence-corrected chi connectivity index (χ1v) is 12.3. The molecule has 3 aromatic heterocycles. The van der Waals surface area contributed by atoms with Crippen molar-refractivity contribution in [2.24, 2.45) is 5.41 Å². The minimum atomic E-state index is -3.92. The largest absolute Gasteiger partial charge is 0.508 e. The van der Waals surface area contributed by atoms with Crippen LogP contribution in [0.25, 0.3) is 33.3 Å². The van der Waals surface area contributed by atoms with Gasteiger partial charge in [-0.25, -0.2) is 18.4 Å². The van der Waals surface area contributed by atoms with E-state index in [-0.39, 0.29) is 16.4 Å². The number of anilines is 1. The molecule has 0 saturated carbocycles. The molecule has 3 heterocycles. The molecule has 35 heavy (non-hydrogen) atoms. The summed E-state index contributed by atoms with van der Waals surface area (Å²) in [4.78, 5) is 28.2. The Hall–Kier alpha value is -4.18. The molecule has 0 unspecified atom stereocenters. The van der Waals surface area contributed by atoms with Gasteiger partial charge >= 0.3 is 0 Å². The molecule has 0 bridgehead atoms. The second kappa shape index (κ2) is 7.95. The van der Waals surface area contributed by atoms with Crippen LogP contribution in [0.3, 0.4) is 0 Å². The number of hydrogen-bond acceptors (Lipinski definition) is 6. The van der Waals surface area contributed by atoms with Gasteiger partial charge in [-0.15, -0.1) is 0 Å². The highest BCUT2D eigenvalue weighted by atomic mass is 32.2. The van der Waals surface area contributed by atoms with Gasteiger partial charge in [0.25, 0.3) is 10.0 Å². The molecular formula is C25H23N5O4S. The third-order valence-corrected chi connectivity index (χ3v) is 7.04. The van der Waals surface area contributed by atoms with Crippen molar-refractivity contribution in [3.05, 3.63) is 66.6 Å².